The second-order valence-electron chi connectivity index (χ2n) is 5.68. The third kappa shape index (κ3) is 4.56. The van der Waals surface area contributed by atoms with E-state index in [1.54, 1.807) is 30.3 Å². The lowest BCUT2D eigenvalue weighted by Gasteiger charge is -2.10. The molecule has 2 aromatic rings. The normalized spacial score (nSPS) is 12.1. The first-order valence-corrected chi connectivity index (χ1v) is 7.66. The van der Waals surface area contributed by atoms with Crippen molar-refractivity contribution in [2.24, 2.45) is 0 Å². The van der Waals surface area contributed by atoms with Gasteiger partial charge in [0, 0.05) is 5.56 Å². The van der Waals surface area contributed by atoms with E-state index in [-0.39, 0.29) is 5.78 Å². The van der Waals surface area contributed by atoms with Crippen LogP contribution in [-0.2, 0) is 4.79 Å². The van der Waals surface area contributed by atoms with Crippen LogP contribution in [0.4, 0.5) is 0 Å². The topological polar surface area (TPSA) is 63.6 Å². The van der Waals surface area contributed by atoms with Crippen molar-refractivity contribution >= 4 is 17.8 Å². The molecule has 0 aromatic heterocycles. The van der Waals surface area contributed by atoms with Crippen molar-refractivity contribution in [1.29, 1.82) is 0 Å². The van der Waals surface area contributed by atoms with Crippen LogP contribution in [0.5, 0.6) is 5.75 Å². The SMILES string of the molecule is Cc1ccc(/C=C/C(=O)c2ccc(OC(C)C(=O)O)cc2)c(C)c1. The number of aliphatic carboxylic acids is 1. The lowest BCUT2D eigenvalue weighted by atomic mass is 10.0. The fourth-order valence-electron chi connectivity index (χ4n) is 2.23. The molecule has 0 aliphatic heterocycles. The van der Waals surface area contributed by atoms with Crippen molar-refractivity contribution in [2.75, 3.05) is 0 Å². The molecule has 24 heavy (non-hydrogen) atoms. The van der Waals surface area contributed by atoms with E-state index in [0.29, 0.717) is 11.3 Å². The average Bonchev–Trinajstić information content (AvgIpc) is 2.54. The zero-order valence-electron chi connectivity index (χ0n) is 13.9. The van der Waals surface area contributed by atoms with Gasteiger partial charge in [0.1, 0.15) is 5.75 Å². The summed E-state index contributed by atoms with van der Waals surface area (Å²) in [5.74, 6) is -0.737. The molecular weight excluding hydrogens is 304 g/mol. The van der Waals surface area contributed by atoms with E-state index in [1.165, 1.54) is 18.6 Å². The highest BCUT2D eigenvalue weighted by Gasteiger charge is 2.12. The Morgan fingerprint density at radius 3 is 2.33 bits per heavy atom. The van der Waals surface area contributed by atoms with Gasteiger partial charge in [-0.25, -0.2) is 4.79 Å². The third-order valence-electron chi connectivity index (χ3n) is 3.64. The van der Waals surface area contributed by atoms with Crippen LogP contribution in [0.25, 0.3) is 6.08 Å². The Morgan fingerprint density at radius 2 is 1.75 bits per heavy atom. The van der Waals surface area contributed by atoms with E-state index in [0.717, 1.165) is 11.1 Å². The van der Waals surface area contributed by atoms with Gasteiger partial charge in [0.15, 0.2) is 11.9 Å². The van der Waals surface area contributed by atoms with E-state index < -0.39 is 12.1 Å². The Bertz CT molecular complexity index is 773. The standard InChI is InChI=1S/C20H20O4/c1-13-4-5-16(14(2)12-13)8-11-19(21)17-6-9-18(10-7-17)24-15(3)20(22)23/h4-12,15H,1-3H3,(H,22,23)/b11-8+. The number of hydrogen-bond acceptors (Lipinski definition) is 3. The van der Waals surface area contributed by atoms with E-state index in [4.69, 9.17) is 9.84 Å². The minimum atomic E-state index is -1.04. The van der Waals surface area contributed by atoms with E-state index in [2.05, 4.69) is 6.07 Å². The molecule has 0 fully saturated rings. The molecule has 0 spiro atoms. The summed E-state index contributed by atoms with van der Waals surface area (Å²) in [5, 5.41) is 8.82. The average molecular weight is 324 g/mol. The van der Waals surface area contributed by atoms with Crippen LogP contribution >= 0.6 is 0 Å². The predicted molar refractivity (Wildman–Crippen MR) is 93.4 cm³/mol. The number of allylic oxidation sites excluding steroid dienone is 1. The molecule has 0 radical (unpaired) electrons. The molecule has 2 aromatic carbocycles. The smallest absolute Gasteiger partial charge is 0.344 e. The molecule has 0 aliphatic carbocycles. The van der Waals surface area contributed by atoms with Crippen molar-refractivity contribution in [3.05, 3.63) is 70.8 Å². The van der Waals surface area contributed by atoms with Gasteiger partial charge in [-0.05, 0) is 62.2 Å². The third-order valence-corrected chi connectivity index (χ3v) is 3.64. The number of carboxylic acid groups (broad SMARTS) is 1. The van der Waals surface area contributed by atoms with Crippen LogP contribution in [0, 0.1) is 13.8 Å². The quantitative estimate of drug-likeness (QED) is 0.643. The molecule has 0 aliphatic rings. The summed E-state index contributed by atoms with van der Waals surface area (Å²) in [6.07, 6.45) is 2.40. The number of ether oxygens (including phenoxy) is 1. The van der Waals surface area contributed by atoms with Gasteiger partial charge < -0.3 is 9.84 Å². The maximum Gasteiger partial charge on any atom is 0.344 e. The number of aryl methyl sites for hydroxylation is 2. The highest BCUT2D eigenvalue weighted by Crippen LogP contribution is 2.16. The summed E-state index contributed by atoms with van der Waals surface area (Å²) in [5.41, 5.74) is 3.82. The van der Waals surface area contributed by atoms with Crippen molar-refractivity contribution in [3.8, 4) is 5.75 Å². The van der Waals surface area contributed by atoms with Crippen LogP contribution in [-0.4, -0.2) is 23.0 Å². The fourth-order valence-corrected chi connectivity index (χ4v) is 2.23. The number of benzene rings is 2. The van der Waals surface area contributed by atoms with Crippen molar-refractivity contribution in [2.45, 2.75) is 26.9 Å². The van der Waals surface area contributed by atoms with Crippen molar-refractivity contribution in [1.82, 2.24) is 0 Å². The molecule has 4 nitrogen and oxygen atoms in total. The van der Waals surface area contributed by atoms with Gasteiger partial charge in [-0.3, -0.25) is 4.79 Å². The van der Waals surface area contributed by atoms with E-state index in [1.807, 2.05) is 26.0 Å². The molecule has 0 saturated heterocycles. The minimum Gasteiger partial charge on any atom is -0.479 e. The van der Waals surface area contributed by atoms with Crippen molar-refractivity contribution < 1.29 is 19.4 Å². The number of carbonyl (C=O) groups excluding carboxylic acids is 1. The molecule has 0 amide bonds. The van der Waals surface area contributed by atoms with Crippen LogP contribution in [0.3, 0.4) is 0 Å². The number of rotatable bonds is 6. The van der Waals surface area contributed by atoms with E-state index >= 15 is 0 Å². The first-order chi connectivity index (χ1) is 11.4. The molecule has 1 N–H and O–H groups in total. The Balaban J connectivity index is 2.07. The Kier molecular flexibility index (Phi) is 5.53. The Hall–Kier alpha value is -2.88. The number of ketones is 1. The second-order valence-corrected chi connectivity index (χ2v) is 5.68. The first-order valence-electron chi connectivity index (χ1n) is 7.66. The summed E-state index contributed by atoms with van der Waals surface area (Å²) in [6, 6.07) is 12.5. The number of hydrogen-bond donors (Lipinski definition) is 1. The van der Waals surface area contributed by atoms with Gasteiger partial charge in [-0.15, -0.1) is 0 Å². The summed E-state index contributed by atoms with van der Waals surface area (Å²) < 4.78 is 5.24. The minimum absolute atomic E-state index is 0.118. The van der Waals surface area contributed by atoms with Gasteiger partial charge >= 0.3 is 5.97 Å². The van der Waals surface area contributed by atoms with Gasteiger partial charge in [-0.1, -0.05) is 29.8 Å². The van der Waals surface area contributed by atoms with Gasteiger partial charge in [-0.2, -0.15) is 0 Å². The largest absolute Gasteiger partial charge is 0.479 e. The number of carbonyl (C=O) groups is 2. The van der Waals surface area contributed by atoms with Crippen LogP contribution in [0.2, 0.25) is 0 Å². The molecule has 1 unspecified atom stereocenters. The molecule has 1 atom stereocenters. The lowest BCUT2D eigenvalue weighted by Crippen LogP contribution is -2.22. The molecule has 2 rings (SSSR count). The van der Waals surface area contributed by atoms with Crippen molar-refractivity contribution in [3.63, 3.8) is 0 Å². The zero-order chi connectivity index (χ0) is 17.7. The highest BCUT2D eigenvalue weighted by atomic mass is 16.5. The Morgan fingerprint density at radius 1 is 1.08 bits per heavy atom. The predicted octanol–water partition coefficient (Wildman–Crippen LogP) is 4.05. The summed E-state index contributed by atoms with van der Waals surface area (Å²) >= 11 is 0. The maximum atomic E-state index is 12.2. The molecule has 4 heteroatoms. The first kappa shape index (κ1) is 17.5. The molecule has 0 saturated carbocycles. The highest BCUT2D eigenvalue weighted by molar-refractivity contribution is 6.06. The molecule has 124 valence electrons. The second kappa shape index (κ2) is 7.59. The van der Waals surface area contributed by atoms with Crippen LogP contribution in [0.15, 0.2) is 48.5 Å². The Labute approximate surface area is 141 Å². The maximum absolute atomic E-state index is 12.2. The van der Waals surface area contributed by atoms with Crippen LogP contribution < -0.4 is 4.74 Å². The summed E-state index contributed by atoms with van der Waals surface area (Å²) in [7, 11) is 0. The lowest BCUT2D eigenvalue weighted by molar-refractivity contribution is -0.144. The molecular formula is C20H20O4. The van der Waals surface area contributed by atoms with Gasteiger partial charge in [0.25, 0.3) is 0 Å². The monoisotopic (exact) mass is 324 g/mol. The molecule has 0 bridgehead atoms. The van der Waals surface area contributed by atoms with E-state index in [9.17, 15) is 9.59 Å². The summed E-state index contributed by atoms with van der Waals surface area (Å²) in [4.78, 5) is 23.0. The van der Waals surface area contributed by atoms with Gasteiger partial charge in [0.05, 0.1) is 0 Å². The number of carboxylic acids is 1. The van der Waals surface area contributed by atoms with Gasteiger partial charge in [0.2, 0.25) is 0 Å². The molecule has 0 heterocycles. The fraction of sp³-hybridized carbons (Fsp3) is 0.200. The summed E-state index contributed by atoms with van der Waals surface area (Å²) in [6.45, 7) is 5.49. The zero-order valence-corrected chi connectivity index (χ0v) is 13.9. The van der Waals surface area contributed by atoms with Crippen LogP contribution in [0.1, 0.15) is 34.0 Å².